The molecule has 2 fully saturated rings. The molecule has 0 saturated carbocycles. The van der Waals surface area contributed by atoms with E-state index in [9.17, 15) is 0 Å². The van der Waals surface area contributed by atoms with Crippen LogP contribution in [0.15, 0.2) is 35.6 Å². The first-order valence-corrected chi connectivity index (χ1v) is 10.00. The van der Waals surface area contributed by atoms with Crippen LogP contribution in [0.5, 0.6) is 0 Å². The Hall–Kier alpha value is -2.22. The van der Waals surface area contributed by atoms with Crippen molar-refractivity contribution in [3.8, 4) is 0 Å². The van der Waals surface area contributed by atoms with Gasteiger partial charge in [-0.1, -0.05) is 11.6 Å². The van der Waals surface area contributed by atoms with Gasteiger partial charge in [0, 0.05) is 31.3 Å². The molecular formula is C20H24ClN5O2. The Morgan fingerprint density at radius 1 is 1.29 bits per heavy atom. The zero-order valence-electron chi connectivity index (χ0n) is 15.7. The second-order valence-electron chi connectivity index (χ2n) is 6.81. The molecule has 148 valence electrons. The lowest BCUT2D eigenvalue weighted by molar-refractivity contribution is 0.0224. The van der Waals surface area contributed by atoms with Crippen molar-refractivity contribution < 1.29 is 9.47 Å². The summed E-state index contributed by atoms with van der Waals surface area (Å²) in [6.45, 7) is 3.65. The summed E-state index contributed by atoms with van der Waals surface area (Å²) in [4.78, 5) is 16.4. The summed E-state index contributed by atoms with van der Waals surface area (Å²) in [5.74, 6) is 0.819. The molecule has 1 unspecified atom stereocenters. The van der Waals surface area contributed by atoms with Crippen LogP contribution in [-0.2, 0) is 9.47 Å². The quantitative estimate of drug-likeness (QED) is 0.793. The average Bonchev–Trinajstić information content (AvgIpc) is 2.74. The third-order valence-electron chi connectivity index (χ3n) is 4.93. The molecule has 2 aromatic heterocycles. The average molecular weight is 402 g/mol. The lowest BCUT2D eigenvalue weighted by atomic mass is 10.1. The van der Waals surface area contributed by atoms with Gasteiger partial charge in [0.1, 0.15) is 23.3 Å². The number of pyridine rings is 2. The Morgan fingerprint density at radius 2 is 2.14 bits per heavy atom. The molecule has 8 heteroatoms. The molecule has 28 heavy (non-hydrogen) atoms. The molecule has 1 atom stereocenters. The van der Waals surface area contributed by atoms with Gasteiger partial charge in [-0.25, -0.2) is 4.98 Å². The first-order chi connectivity index (χ1) is 13.8. The van der Waals surface area contributed by atoms with Crippen LogP contribution in [0, 0.1) is 0 Å². The van der Waals surface area contributed by atoms with Gasteiger partial charge < -0.3 is 20.1 Å². The van der Waals surface area contributed by atoms with Crippen molar-refractivity contribution in [3.63, 3.8) is 0 Å². The number of halogens is 1. The fourth-order valence-corrected chi connectivity index (χ4v) is 3.74. The van der Waals surface area contributed by atoms with Gasteiger partial charge in [-0.05, 0) is 43.7 Å². The van der Waals surface area contributed by atoms with Gasteiger partial charge in [0.25, 0.3) is 0 Å². The van der Waals surface area contributed by atoms with Crippen LogP contribution in [0.2, 0.25) is 5.02 Å². The number of ether oxygens (including phenoxy) is 2. The number of morpholine rings is 1. The van der Waals surface area contributed by atoms with Crippen LogP contribution in [0.1, 0.15) is 25.0 Å². The summed E-state index contributed by atoms with van der Waals surface area (Å²) in [5.41, 5.74) is 7.72. The number of nitrogens with zero attached hydrogens (tertiary/aromatic N) is 4. The first-order valence-electron chi connectivity index (χ1n) is 9.62. The van der Waals surface area contributed by atoms with E-state index in [2.05, 4.69) is 9.88 Å². The van der Waals surface area contributed by atoms with E-state index in [-0.39, 0.29) is 6.23 Å². The minimum absolute atomic E-state index is 0.185. The van der Waals surface area contributed by atoms with Crippen molar-refractivity contribution >= 4 is 34.0 Å². The predicted octanol–water partition coefficient (Wildman–Crippen LogP) is 2.91. The van der Waals surface area contributed by atoms with Crippen LogP contribution < -0.4 is 10.6 Å². The molecule has 0 aliphatic carbocycles. The standard InChI is InChI=1S/C20H24ClN5O2/c21-15-13-17(26-8-11-27-12-9-26)25-19-14(15)5-7-23-20(19)16(4-6-22)24-18-3-1-2-10-28-18/h4-7,13,18H,1-3,8-12,22H2. The van der Waals surface area contributed by atoms with Crippen molar-refractivity contribution in [2.24, 2.45) is 10.7 Å². The number of fused-ring (bicyclic) bond motifs is 1. The van der Waals surface area contributed by atoms with Crippen molar-refractivity contribution in [2.75, 3.05) is 37.8 Å². The van der Waals surface area contributed by atoms with Crippen LogP contribution in [0.25, 0.3) is 10.9 Å². The van der Waals surface area contributed by atoms with E-state index in [1.165, 1.54) is 6.20 Å². The highest BCUT2D eigenvalue weighted by molar-refractivity contribution is 6.36. The van der Waals surface area contributed by atoms with Gasteiger partial charge in [0.2, 0.25) is 0 Å². The highest BCUT2D eigenvalue weighted by Gasteiger charge is 2.19. The smallest absolute Gasteiger partial charge is 0.149 e. The summed E-state index contributed by atoms with van der Waals surface area (Å²) < 4.78 is 11.2. The van der Waals surface area contributed by atoms with Gasteiger partial charge in [-0.15, -0.1) is 0 Å². The maximum Gasteiger partial charge on any atom is 0.149 e. The molecule has 2 saturated heterocycles. The fourth-order valence-electron chi connectivity index (χ4n) is 3.49. The van der Waals surface area contributed by atoms with Crippen LogP contribution in [0.4, 0.5) is 5.82 Å². The number of hydrogen-bond acceptors (Lipinski definition) is 7. The Bertz CT molecular complexity index is 890. The highest BCUT2D eigenvalue weighted by atomic mass is 35.5. The van der Waals surface area contributed by atoms with E-state index in [0.29, 0.717) is 35.2 Å². The lowest BCUT2D eigenvalue weighted by Gasteiger charge is -2.28. The second-order valence-corrected chi connectivity index (χ2v) is 7.22. The number of aromatic nitrogens is 2. The summed E-state index contributed by atoms with van der Waals surface area (Å²) in [6, 6.07) is 3.77. The maximum atomic E-state index is 6.59. The fraction of sp³-hybridized carbons (Fsp3) is 0.450. The van der Waals surface area contributed by atoms with Crippen molar-refractivity contribution in [1.29, 1.82) is 0 Å². The molecule has 4 heterocycles. The zero-order valence-corrected chi connectivity index (χ0v) is 16.4. The van der Waals surface area contributed by atoms with E-state index < -0.39 is 0 Å². The summed E-state index contributed by atoms with van der Waals surface area (Å²) >= 11 is 6.59. The summed E-state index contributed by atoms with van der Waals surface area (Å²) in [5, 5.41) is 1.48. The van der Waals surface area contributed by atoms with Crippen LogP contribution in [0.3, 0.4) is 0 Å². The molecule has 4 rings (SSSR count). The molecule has 0 amide bonds. The zero-order chi connectivity index (χ0) is 19.3. The Balaban J connectivity index is 1.80. The number of nitrogens with two attached hydrogens (primary N) is 1. The molecule has 2 aliphatic heterocycles. The highest BCUT2D eigenvalue weighted by Crippen LogP contribution is 2.29. The SMILES string of the molecule is NC=CC(=NC1CCCCO1)c1nccc2c(Cl)cc(N3CCOCC3)nc12. The van der Waals surface area contributed by atoms with Crippen molar-refractivity contribution in [1.82, 2.24) is 9.97 Å². The molecule has 0 bridgehead atoms. The van der Waals surface area contributed by atoms with E-state index >= 15 is 0 Å². The van der Waals surface area contributed by atoms with Crippen LogP contribution in [-0.4, -0.2) is 54.8 Å². The Labute approximate surface area is 169 Å². The third-order valence-corrected chi connectivity index (χ3v) is 5.25. The molecule has 2 aliphatic rings. The first kappa shape index (κ1) is 19.1. The monoisotopic (exact) mass is 401 g/mol. The van der Waals surface area contributed by atoms with E-state index in [1.54, 1.807) is 12.3 Å². The van der Waals surface area contributed by atoms with Gasteiger partial charge in [-0.3, -0.25) is 9.98 Å². The van der Waals surface area contributed by atoms with E-state index in [0.717, 1.165) is 50.2 Å². The number of rotatable bonds is 4. The van der Waals surface area contributed by atoms with Crippen LogP contribution >= 0.6 is 11.6 Å². The number of allylic oxidation sites excluding steroid dienone is 1. The lowest BCUT2D eigenvalue weighted by Crippen LogP contribution is -2.36. The van der Waals surface area contributed by atoms with Crippen molar-refractivity contribution in [3.05, 3.63) is 41.3 Å². The molecule has 2 aromatic rings. The van der Waals surface area contributed by atoms with Gasteiger partial charge in [0.05, 0.1) is 23.9 Å². The van der Waals surface area contributed by atoms with Gasteiger partial charge in [-0.2, -0.15) is 0 Å². The van der Waals surface area contributed by atoms with Crippen molar-refractivity contribution in [2.45, 2.75) is 25.5 Å². The molecule has 2 N–H and O–H groups in total. The molecule has 7 nitrogen and oxygen atoms in total. The number of anilines is 1. The largest absolute Gasteiger partial charge is 0.405 e. The third kappa shape index (κ3) is 4.11. The Kier molecular flexibility index (Phi) is 6.04. The number of aliphatic imine (C=N–C) groups is 1. The maximum absolute atomic E-state index is 6.59. The topological polar surface area (TPSA) is 85.9 Å². The van der Waals surface area contributed by atoms with E-state index in [4.69, 9.17) is 36.8 Å². The minimum atomic E-state index is -0.185. The predicted molar refractivity (Wildman–Crippen MR) is 111 cm³/mol. The van der Waals surface area contributed by atoms with Gasteiger partial charge in [0.15, 0.2) is 0 Å². The Morgan fingerprint density at radius 3 is 2.89 bits per heavy atom. The normalized spacial score (nSPS) is 21.5. The minimum Gasteiger partial charge on any atom is -0.405 e. The molecular weight excluding hydrogens is 378 g/mol. The summed E-state index contributed by atoms with van der Waals surface area (Å²) in [6.07, 6.45) is 7.81. The second kappa shape index (κ2) is 8.86. The molecule has 0 spiro atoms. The van der Waals surface area contributed by atoms with E-state index in [1.807, 2.05) is 12.1 Å². The molecule has 0 radical (unpaired) electrons. The number of hydrogen-bond donors (Lipinski definition) is 1. The summed E-state index contributed by atoms with van der Waals surface area (Å²) in [7, 11) is 0. The molecule has 0 aromatic carbocycles. The van der Waals surface area contributed by atoms with Gasteiger partial charge >= 0.3 is 0 Å².